The van der Waals surface area contributed by atoms with Crippen molar-refractivity contribution < 1.29 is 33.7 Å². The van der Waals surface area contributed by atoms with E-state index in [0.717, 1.165) is 0 Å². The first-order valence-electron chi connectivity index (χ1n) is 14.7. The molecule has 1 spiro atoms. The average molecular weight is 588 g/mol. The molecule has 3 amide bonds. The number of nitrogens with zero attached hydrogens (tertiary/aromatic N) is 3. The molecule has 43 heavy (non-hydrogen) atoms. The van der Waals surface area contributed by atoms with E-state index in [4.69, 9.17) is 14.2 Å². The highest BCUT2D eigenvalue weighted by atomic mass is 16.5. The molecule has 2 aromatic rings. The van der Waals surface area contributed by atoms with Gasteiger partial charge in [-0.15, -0.1) is 0 Å². The predicted molar refractivity (Wildman–Crippen MR) is 160 cm³/mol. The van der Waals surface area contributed by atoms with E-state index in [-0.39, 0.29) is 37.4 Å². The molecule has 6 rings (SSSR count). The van der Waals surface area contributed by atoms with Gasteiger partial charge in [0, 0.05) is 37.6 Å². The second-order valence-corrected chi connectivity index (χ2v) is 11.4. The Bertz CT molecular complexity index is 1460. The van der Waals surface area contributed by atoms with Gasteiger partial charge < -0.3 is 34.0 Å². The summed E-state index contributed by atoms with van der Waals surface area (Å²) in [6.07, 6.45) is 7.72. The zero-order valence-electron chi connectivity index (χ0n) is 24.6. The van der Waals surface area contributed by atoms with Crippen molar-refractivity contribution in [2.24, 2.45) is 11.8 Å². The van der Waals surface area contributed by atoms with Gasteiger partial charge in [0.05, 0.1) is 31.2 Å². The summed E-state index contributed by atoms with van der Waals surface area (Å²) >= 11 is 0. The van der Waals surface area contributed by atoms with Gasteiger partial charge in [0.15, 0.2) is 0 Å². The number of amides is 3. The number of carbonyl (C=O) groups excluding carboxylic acids is 3. The Kier molecular flexibility index (Phi) is 7.52. The summed E-state index contributed by atoms with van der Waals surface area (Å²) in [5, 5.41) is 9.66. The first-order valence-corrected chi connectivity index (χ1v) is 14.7. The molecule has 5 atom stereocenters. The fraction of sp³-hybridized carbons (Fsp3) is 0.424. The largest absolute Gasteiger partial charge is 0.497 e. The maximum absolute atomic E-state index is 14.5. The molecule has 4 heterocycles. The van der Waals surface area contributed by atoms with Crippen molar-refractivity contribution in [3.8, 4) is 11.5 Å². The van der Waals surface area contributed by atoms with Crippen molar-refractivity contribution in [1.29, 1.82) is 0 Å². The Labute approximate surface area is 251 Å². The van der Waals surface area contributed by atoms with E-state index in [2.05, 4.69) is 0 Å². The fourth-order valence-corrected chi connectivity index (χ4v) is 7.12. The molecule has 0 saturated carbocycles. The van der Waals surface area contributed by atoms with Crippen LogP contribution in [0.3, 0.4) is 0 Å². The molecule has 0 radical (unpaired) electrons. The van der Waals surface area contributed by atoms with E-state index in [9.17, 15) is 19.5 Å². The minimum absolute atomic E-state index is 0.143. The van der Waals surface area contributed by atoms with Crippen LogP contribution in [0, 0.1) is 11.8 Å². The van der Waals surface area contributed by atoms with Gasteiger partial charge >= 0.3 is 0 Å². The molecule has 10 nitrogen and oxygen atoms in total. The number of benzene rings is 2. The number of hydrogen-bond donors (Lipinski definition) is 1. The number of likely N-dealkylation sites (tertiary alicyclic amines) is 1. The first kappa shape index (κ1) is 28.9. The van der Waals surface area contributed by atoms with Gasteiger partial charge in [0.1, 0.15) is 23.1 Å². The third-order valence-electron chi connectivity index (χ3n) is 8.96. The number of carbonyl (C=O) groups is 3. The van der Waals surface area contributed by atoms with Crippen molar-refractivity contribution in [2.75, 3.05) is 49.8 Å². The molecule has 0 aromatic heterocycles. The standard InChI is InChI=1S/C33H37N3O7/c1-4-42-25-14-10-22(11-15-25)34-18-5-16-32(2)26(29(34)38)27-30(39)36(20-7-21-37)28-31(40)35(19-6-17-33(27,28)43-32)23-8-12-24(41-3)13-9-23/h5-6,8-17,26-28,37H,4,7,18-21H2,1-3H3/t26-,27+,28?,32+,33+/m1/s1. The summed E-state index contributed by atoms with van der Waals surface area (Å²) in [4.78, 5) is 48.1. The minimum Gasteiger partial charge on any atom is -0.497 e. The van der Waals surface area contributed by atoms with Crippen molar-refractivity contribution in [3.63, 3.8) is 0 Å². The van der Waals surface area contributed by atoms with E-state index >= 15 is 0 Å². The highest BCUT2D eigenvalue weighted by Crippen LogP contribution is 2.57. The second kappa shape index (κ2) is 11.2. The zero-order chi connectivity index (χ0) is 30.4. The summed E-state index contributed by atoms with van der Waals surface area (Å²) in [7, 11) is 1.58. The molecule has 0 aliphatic carbocycles. The Hall–Kier alpha value is -4.15. The van der Waals surface area contributed by atoms with Crippen LogP contribution in [-0.2, 0) is 19.1 Å². The Balaban J connectivity index is 1.41. The normalized spacial score (nSPS) is 29.7. The zero-order valence-corrected chi connectivity index (χ0v) is 24.6. The number of ether oxygens (including phenoxy) is 3. The predicted octanol–water partition coefficient (Wildman–Crippen LogP) is 2.95. The van der Waals surface area contributed by atoms with Gasteiger partial charge in [-0.2, -0.15) is 0 Å². The monoisotopic (exact) mass is 587 g/mol. The van der Waals surface area contributed by atoms with E-state index in [0.29, 0.717) is 42.4 Å². The minimum atomic E-state index is -1.37. The van der Waals surface area contributed by atoms with Gasteiger partial charge in [-0.25, -0.2) is 0 Å². The van der Waals surface area contributed by atoms with E-state index in [1.54, 1.807) is 41.2 Å². The highest BCUT2D eigenvalue weighted by Gasteiger charge is 2.74. The summed E-state index contributed by atoms with van der Waals surface area (Å²) < 4.78 is 17.7. The van der Waals surface area contributed by atoms with E-state index < -0.39 is 29.1 Å². The first-order chi connectivity index (χ1) is 20.8. The van der Waals surface area contributed by atoms with Gasteiger partial charge in [-0.05, 0) is 68.8 Å². The SMILES string of the molecule is CCOc1ccc(N2CC=C[C@]3(C)O[C@]45C=CCN(c6ccc(OC)cc6)C(=O)C4N(CCCO)C(=O)[C@@H]5[C@@H]3C2=O)cc1. The molecule has 226 valence electrons. The number of methoxy groups -OCH3 is 1. The summed E-state index contributed by atoms with van der Waals surface area (Å²) in [6.45, 7) is 4.87. The molecule has 2 aromatic carbocycles. The van der Waals surface area contributed by atoms with Crippen LogP contribution in [0.5, 0.6) is 11.5 Å². The van der Waals surface area contributed by atoms with Gasteiger partial charge in [-0.3, -0.25) is 14.4 Å². The highest BCUT2D eigenvalue weighted by molar-refractivity contribution is 6.07. The Morgan fingerprint density at radius 2 is 1.47 bits per heavy atom. The lowest BCUT2D eigenvalue weighted by atomic mass is 9.74. The summed E-state index contributed by atoms with van der Waals surface area (Å²) in [5.41, 5.74) is -1.16. The van der Waals surface area contributed by atoms with Crippen LogP contribution in [-0.4, -0.2) is 84.9 Å². The summed E-state index contributed by atoms with van der Waals surface area (Å²) in [5.74, 6) is -1.32. The number of hydrogen-bond acceptors (Lipinski definition) is 7. The van der Waals surface area contributed by atoms with Crippen LogP contribution in [0.25, 0.3) is 0 Å². The van der Waals surface area contributed by atoms with Crippen LogP contribution in [0.2, 0.25) is 0 Å². The lowest BCUT2D eigenvalue weighted by Gasteiger charge is -2.37. The summed E-state index contributed by atoms with van der Waals surface area (Å²) in [6, 6.07) is 13.5. The van der Waals surface area contributed by atoms with Crippen LogP contribution in [0.4, 0.5) is 11.4 Å². The smallest absolute Gasteiger partial charge is 0.253 e. The number of aliphatic hydroxyl groups excluding tert-OH is 1. The van der Waals surface area contributed by atoms with Crippen molar-refractivity contribution >= 4 is 29.1 Å². The maximum Gasteiger partial charge on any atom is 0.253 e. The molecule has 2 saturated heterocycles. The van der Waals surface area contributed by atoms with E-state index in [1.165, 1.54) is 4.90 Å². The fourth-order valence-electron chi connectivity index (χ4n) is 7.12. The number of rotatable bonds is 8. The average Bonchev–Trinajstić information content (AvgIpc) is 3.27. The van der Waals surface area contributed by atoms with Gasteiger partial charge in [0.2, 0.25) is 11.8 Å². The molecule has 1 N–H and O–H groups in total. The van der Waals surface area contributed by atoms with Crippen molar-refractivity contribution in [2.45, 2.75) is 37.5 Å². The topological polar surface area (TPSA) is 109 Å². The molecular weight excluding hydrogens is 550 g/mol. The molecular formula is C33H37N3O7. The molecule has 1 unspecified atom stereocenters. The van der Waals surface area contributed by atoms with Crippen LogP contribution in [0.15, 0.2) is 72.8 Å². The molecule has 10 heteroatoms. The Morgan fingerprint density at radius 1 is 0.860 bits per heavy atom. The number of aliphatic hydroxyl groups is 1. The quantitative estimate of drug-likeness (QED) is 0.473. The van der Waals surface area contributed by atoms with Crippen LogP contribution in [0.1, 0.15) is 20.3 Å². The third-order valence-corrected chi connectivity index (χ3v) is 8.96. The van der Waals surface area contributed by atoms with Crippen LogP contribution < -0.4 is 19.3 Å². The van der Waals surface area contributed by atoms with Crippen LogP contribution >= 0.6 is 0 Å². The van der Waals surface area contributed by atoms with Gasteiger partial charge in [0.25, 0.3) is 5.91 Å². The number of fused-ring (bicyclic) bond motifs is 2. The van der Waals surface area contributed by atoms with Crippen molar-refractivity contribution in [1.82, 2.24) is 4.90 Å². The molecule has 4 aliphatic heterocycles. The van der Waals surface area contributed by atoms with E-state index in [1.807, 2.05) is 62.4 Å². The maximum atomic E-state index is 14.5. The van der Waals surface area contributed by atoms with Crippen molar-refractivity contribution in [3.05, 3.63) is 72.8 Å². The third kappa shape index (κ3) is 4.60. The molecule has 2 fully saturated rings. The Morgan fingerprint density at radius 3 is 2.07 bits per heavy atom. The second-order valence-electron chi connectivity index (χ2n) is 11.4. The number of anilines is 2. The molecule has 0 bridgehead atoms. The van der Waals surface area contributed by atoms with Gasteiger partial charge in [-0.1, -0.05) is 24.3 Å². The molecule has 4 aliphatic rings. The lowest BCUT2D eigenvalue weighted by molar-refractivity contribution is -0.144. The lowest BCUT2D eigenvalue weighted by Crippen LogP contribution is -2.56.